The lowest BCUT2D eigenvalue weighted by molar-refractivity contribution is 0.515. The van der Waals surface area contributed by atoms with Gasteiger partial charge in [-0.1, -0.05) is 12.1 Å². The average molecular weight is 330 g/mol. The Kier molecular flexibility index (Phi) is 4.50. The van der Waals surface area contributed by atoms with Crippen LogP contribution in [0.3, 0.4) is 0 Å². The molecule has 0 aliphatic carbocycles. The second kappa shape index (κ2) is 5.92. The van der Waals surface area contributed by atoms with E-state index in [-0.39, 0.29) is 6.04 Å². The molecule has 2 aromatic rings. The Balaban J connectivity index is 2.35. The number of hydrazine groups is 1. The van der Waals surface area contributed by atoms with Gasteiger partial charge in [0.05, 0.1) is 21.7 Å². The molecule has 0 aliphatic rings. The van der Waals surface area contributed by atoms with Crippen molar-refractivity contribution in [2.24, 2.45) is 5.84 Å². The first-order chi connectivity index (χ1) is 8.67. The minimum absolute atomic E-state index is 0.0680. The maximum Gasteiger partial charge on any atom is 0.0986 e. The maximum atomic E-state index is 5.69. The van der Waals surface area contributed by atoms with Gasteiger partial charge in [0.1, 0.15) is 0 Å². The SMILES string of the molecule is CCCn1nncc1C(NN)c1cc(C)c(Br)s1. The third-order valence-corrected chi connectivity index (χ3v) is 4.91. The first-order valence-electron chi connectivity index (χ1n) is 5.77. The first-order valence-corrected chi connectivity index (χ1v) is 7.38. The molecular formula is C11H16BrN5S. The topological polar surface area (TPSA) is 68.8 Å². The molecule has 0 fully saturated rings. The van der Waals surface area contributed by atoms with Crippen LogP contribution in [0.1, 0.15) is 35.5 Å². The van der Waals surface area contributed by atoms with Crippen LogP contribution in [-0.2, 0) is 6.54 Å². The highest BCUT2D eigenvalue weighted by Crippen LogP contribution is 2.33. The van der Waals surface area contributed by atoms with E-state index in [1.54, 1.807) is 17.5 Å². The van der Waals surface area contributed by atoms with E-state index in [1.165, 1.54) is 5.56 Å². The molecule has 98 valence electrons. The predicted molar refractivity (Wildman–Crippen MR) is 76.2 cm³/mol. The van der Waals surface area contributed by atoms with Crippen LogP contribution in [0.5, 0.6) is 0 Å². The second-order valence-electron chi connectivity index (χ2n) is 4.09. The highest BCUT2D eigenvalue weighted by Gasteiger charge is 2.20. The van der Waals surface area contributed by atoms with Gasteiger partial charge in [-0.2, -0.15) is 0 Å². The number of nitrogens with zero attached hydrogens (tertiary/aromatic N) is 3. The number of nitrogens with one attached hydrogen (secondary N) is 1. The summed E-state index contributed by atoms with van der Waals surface area (Å²) in [5.41, 5.74) is 5.06. The Labute approximate surface area is 118 Å². The highest BCUT2D eigenvalue weighted by molar-refractivity contribution is 9.11. The number of rotatable bonds is 5. The summed E-state index contributed by atoms with van der Waals surface area (Å²) in [5, 5.41) is 8.07. The van der Waals surface area contributed by atoms with Gasteiger partial charge in [0.25, 0.3) is 0 Å². The van der Waals surface area contributed by atoms with Crippen LogP contribution >= 0.6 is 27.3 Å². The van der Waals surface area contributed by atoms with Gasteiger partial charge in [0.2, 0.25) is 0 Å². The molecular weight excluding hydrogens is 314 g/mol. The Hall–Kier alpha value is -0.760. The Bertz CT molecular complexity index is 502. The molecule has 0 radical (unpaired) electrons. The maximum absolute atomic E-state index is 5.69. The molecule has 0 amide bonds. The molecule has 2 rings (SSSR count). The van der Waals surface area contributed by atoms with Crippen molar-refractivity contribution in [1.29, 1.82) is 0 Å². The summed E-state index contributed by atoms with van der Waals surface area (Å²) in [7, 11) is 0. The molecule has 0 aliphatic heterocycles. The van der Waals surface area contributed by atoms with Gasteiger partial charge in [0, 0.05) is 11.4 Å². The van der Waals surface area contributed by atoms with Crippen LogP contribution in [0, 0.1) is 6.92 Å². The van der Waals surface area contributed by atoms with Crippen molar-refractivity contribution >= 4 is 27.3 Å². The standard InChI is InChI=1S/C11H16BrN5S/c1-3-4-17-8(6-14-16-17)10(15-13)9-5-7(2)11(12)18-9/h5-6,10,15H,3-4,13H2,1-2H3. The lowest BCUT2D eigenvalue weighted by atomic mass is 10.1. The summed E-state index contributed by atoms with van der Waals surface area (Å²) in [4.78, 5) is 1.15. The van der Waals surface area contributed by atoms with E-state index in [1.807, 2.05) is 4.68 Å². The lowest BCUT2D eigenvalue weighted by Gasteiger charge is -2.15. The quantitative estimate of drug-likeness (QED) is 0.652. The van der Waals surface area contributed by atoms with Gasteiger partial charge in [0.15, 0.2) is 0 Å². The number of aromatic nitrogens is 3. The zero-order valence-corrected chi connectivity index (χ0v) is 12.8. The zero-order chi connectivity index (χ0) is 13.1. The van der Waals surface area contributed by atoms with Crippen molar-refractivity contribution in [2.75, 3.05) is 0 Å². The fourth-order valence-electron chi connectivity index (χ4n) is 1.81. The van der Waals surface area contributed by atoms with Gasteiger partial charge < -0.3 is 0 Å². The van der Waals surface area contributed by atoms with Gasteiger partial charge in [-0.05, 0) is 40.9 Å². The minimum atomic E-state index is -0.0680. The monoisotopic (exact) mass is 329 g/mol. The Morgan fingerprint density at radius 1 is 1.61 bits per heavy atom. The van der Waals surface area contributed by atoms with E-state index in [0.717, 1.165) is 27.3 Å². The number of thiophene rings is 1. The predicted octanol–water partition coefficient (Wildman–Crippen LogP) is 2.37. The summed E-state index contributed by atoms with van der Waals surface area (Å²) < 4.78 is 3.03. The van der Waals surface area contributed by atoms with Crippen LogP contribution in [0.15, 0.2) is 16.0 Å². The molecule has 3 N–H and O–H groups in total. The zero-order valence-electron chi connectivity index (χ0n) is 10.4. The highest BCUT2D eigenvalue weighted by atomic mass is 79.9. The van der Waals surface area contributed by atoms with Gasteiger partial charge in [-0.3, -0.25) is 5.84 Å². The summed E-state index contributed by atoms with van der Waals surface area (Å²) in [5.74, 6) is 5.69. The van der Waals surface area contributed by atoms with Crippen molar-refractivity contribution in [1.82, 2.24) is 20.4 Å². The number of halogens is 1. The third-order valence-electron chi connectivity index (χ3n) is 2.71. The lowest BCUT2D eigenvalue weighted by Crippen LogP contribution is -2.30. The van der Waals surface area contributed by atoms with E-state index in [0.29, 0.717) is 0 Å². The van der Waals surface area contributed by atoms with E-state index in [9.17, 15) is 0 Å². The molecule has 18 heavy (non-hydrogen) atoms. The van der Waals surface area contributed by atoms with Crippen molar-refractivity contribution in [3.8, 4) is 0 Å². The molecule has 1 atom stereocenters. The fourth-order valence-corrected chi connectivity index (χ4v) is 3.46. The van der Waals surface area contributed by atoms with Crippen molar-refractivity contribution in [3.63, 3.8) is 0 Å². The smallest absolute Gasteiger partial charge is 0.0986 e. The van der Waals surface area contributed by atoms with E-state index in [2.05, 4.69) is 51.6 Å². The largest absolute Gasteiger partial charge is 0.270 e. The van der Waals surface area contributed by atoms with Crippen LogP contribution in [0.25, 0.3) is 0 Å². The number of aryl methyl sites for hydroxylation is 2. The van der Waals surface area contributed by atoms with Crippen LogP contribution in [-0.4, -0.2) is 15.0 Å². The molecule has 0 bridgehead atoms. The summed E-state index contributed by atoms with van der Waals surface area (Å²) in [6.45, 7) is 5.03. The van der Waals surface area contributed by atoms with Gasteiger partial charge >= 0.3 is 0 Å². The minimum Gasteiger partial charge on any atom is -0.270 e. The van der Waals surface area contributed by atoms with E-state index < -0.39 is 0 Å². The molecule has 7 heteroatoms. The molecule has 5 nitrogen and oxygen atoms in total. The van der Waals surface area contributed by atoms with Gasteiger partial charge in [-0.25, -0.2) is 10.1 Å². The van der Waals surface area contributed by atoms with Crippen molar-refractivity contribution < 1.29 is 0 Å². The van der Waals surface area contributed by atoms with Crippen LogP contribution in [0.4, 0.5) is 0 Å². The second-order valence-corrected chi connectivity index (χ2v) is 6.49. The summed E-state index contributed by atoms with van der Waals surface area (Å²) >= 11 is 5.22. The molecule has 0 saturated carbocycles. The normalized spacial score (nSPS) is 12.9. The van der Waals surface area contributed by atoms with Crippen LogP contribution in [0.2, 0.25) is 0 Å². The molecule has 0 aromatic carbocycles. The summed E-state index contributed by atoms with van der Waals surface area (Å²) in [6, 6.07) is 2.06. The Morgan fingerprint density at radius 3 is 2.94 bits per heavy atom. The van der Waals surface area contributed by atoms with Gasteiger partial charge in [-0.15, -0.1) is 16.4 Å². The fraction of sp³-hybridized carbons (Fsp3) is 0.455. The van der Waals surface area contributed by atoms with Crippen LogP contribution < -0.4 is 11.3 Å². The molecule has 1 unspecified atom stereocenters. The average Bonchev–Trinajstić information content (AvgIpc) is 2.90. The molecule has 2 heterocycles. The van der Waals surface area contributed by atoms with E-state index >= 15 is 0 Å². The summed E-state index contributed by atoms with van der Waals surface area (Å²) in [6.07, 6.45) is 2.78. The third kappa shape index (κ3) is 2.64. The van der Waals surface area contributed by atoms with Crippen molar-refractivity contribution in [3.05, 3.63) is 32.2 Å². The first kappa shape index (κ1) is 13.7. The molecule has 2 aromatic heterocycles. The Morgan fingerprint density at radius 2 is 2.39 bits per heavy atom. The number of hydrogen-bond acceptors (Lipinski definition) is 5. The number of nitrogens with two attached hydrogens (primary N) is 1. The number of hydrogen-bond donors (Lipinski definition) is 2. The van der Waals surface area contributed by atoms with Crippen molar-refractivity contribution in [2.45, 2.75) is 32.9 Å². The molecule has 0 spiro atoms. The molecule has 0 saturated heterocycles. The van der Waals surface area contributed by atoms with E-state index in [4.69, 9.17) is 5.84 Å².